The Hall–Kier alpha value is -0.770. The number of nitrogens with zero attached hydrogens (tertiary/aromatic N) is 1. The van der Waals surface area contributed by atoms with Gasteiger partial charge < -0.3 is 15.5 Å². The molecule has 3 unspecified atom stereocenters. The van der Waals surface area contributed by atoms with E-state index in [2.05, 4.69) is 50.4 Å². The van der Waals surface area contributed by atoms with E-state index in [0.717, 1.165) is 19.4 Å². The number of carbonyl (C=O) groups is 1. The Morgan fingerprint density at radius 3 is 2.45 bits per heavy atom. The Bertz CT molecular complexity index is 291. The molecule has 4 nitrogen and oxygen atoms in total. The zero-order chi connectivity index (χ0) is 15.1. The fourth-order valence-corrected chi connectivity index (χ4v) is 3.09. The van der Waals surface area contributed by atoms with Crippen molar-refractivity contribution in [2.75, 3.05) is 20.6 Å². The van der Waals surface area contributed by atoms with Crippen LogP contribution < -0.4 is 10.6 Å². The smallest absolute Gasteiger partial charge is 0.315 e. The molecule has 0 saturated heterocycles. The number of rotatable bonds is 6. The van der Waals surface area contributed by atoms with Crippen molar-refractivity contribution < 1.29 is 4.79 Å². The molecular weight excluding hydrogens is 250 g/mol. The summed E-state index contributed by atoms with van der Waals surface area (Å²) in [6.45, 7) is 7.61. The number of carbonyl (C=O) groups excluding carboxylic acids is 1. The van der Waals surface area contributed by atoms with E-state index >= 15 is 0 Å². The van der Waals surface area contributed by atoms with Gasteiger partial charge in [-0.25, -0.2) is 4.79 Å². The minimum Gasteiger partial charge on any atom is -0.336 e. The first-order valence-corrected chi connectivity index (χ1v) is 8.12. The lowest BCUT2D eigenvalue weighted by Gasteiger charge is -2.35. The average molecular weight is 283 g/mol. The first-order valence-electron chi connectivity index (χ1n) is 8.12. The van der Waals surface area contributed by atoms with Crippen LogP contribution in [0.15, 0.2) is 0 Å². The maximum Gasteiger partial charge on any atom is 0.315 e. The molecule has 3 atom stereocenters. The van der Waals surface area contributed by atoms with Crippen LogP contribution in [0.25, 0.3) is 0 Å². The van der Waals surface area contributed by atoms with Crippen LogP contribution in [0.1, 0.15) is 52.9 Å². The quantitative estimate of drug-likeness (QED) is 0.787. The molecule has 2 amide bonds. The zero-order valence-corrected chi connectivity index (χ0v) is 13.9. The molecule has 1 fully saturated rings. The fourth-order valence-electron chi connectivity index (χ4n) is 3.09. The third kappa shape index (κ3) is 6.12. The van der Waals surface area contributed by atoms with Crippen molar-refractivity contribution in [3.63, 3.8) is 0 Å². The van der Waals surface area contributed by atoms with E-state index in [1.807, 2.05) is 0 Å². The van der Waals surface area contributed by atoms with Gasteiger partial charge in [0, 0.05) is 12.1 Å². The summed E-state index contributed by atoms with van der Waals surface area (Å²) in [5.41, 5.74) is 0. The summed E-state index contributed by atoms with van der Waals surface area (Å²) in [6, 6.07) is 0.581. The van der Waals surface area contributed by atoms with E-state index in [1.165, 1.54) is 19.3 Å². The molecule has 0 aromatic rings. The van der Waals surface area contributed by atoms with Crippen molar-refractivity contribution in [3.05, 3.63) is 0 Å². The van der Waals surface area contributed by atoms with Gasteiger partial charge in [-0.2, -0.15) is 0 Å². The van der Waals surface area contributed by atoms with Gasteiger partial charge in [0.15, 0.2) is 0 Å². The van der Waals surface area contributed by atoms with E-state index in [4.69, 9.17) is 0 Å². The van der Waals surface area contributed by atoms with Crippen LogP contribution in [0.3, 0.4) is 0 Å². The Labute approximate surface area is 124 Å². The normalized spacial score (nSPS) is 24.8. The molecule has 1 rings (SSSR count). The van der Waals surface area contributed by atoms with Gasteiger partial charge in [-0.3, -0.25) is 0 Å². The molecule has 0 aromatic carbocycles. The average Bonchev–Trinajstić information content (AvgIpc) is 2.36. The molecule has 0 spiro atoms. The van der Waals surface area contributed by atoms with Crippen LogP contribution in [-0.4, -0.2) is 43.7 Å². The molecule has 1 aliphatic carbocycles. The van der Waals surface area contributed by atoms with Gasteiger partial charge in [-0.15, -0.1) is 0 Å². The number of urea groups is 1. The lowest BCUT2D eigenvalue weighted by Crippen LogP contribution is -2.50. The molecule has 1 saturated carbocycles. The third-order valence-electron chi connectivity index (χ3n) is 4.38. The summed E-state index contributed by atoms with van der Waals surface area (Å²) in [5.74, 6) is 1.28. The van der Waals surface area contributed by atoms with E-state index in [1.54, 1.807) is 0 Å². The Kier molecular flexibility index (Phi) is 7.35. The molecule has 0 aromatic heterocycles. The van der Waals surface area contributed by atoms with Gasteiger partial charge in [0.05, 0.1) is 0 Å². The standard InChI is InChI=1S/C16H33N3O/c1-12(2)14-8-6-7-9-15(14)18-16(20)17-13(3)10-11-19(4)5/h12-15H,6-11H2,1-5H3,(H2,17,18,20). The second kappa shape index (κ2) is 8.50. The van der Waals surface area contributed by atoms with Gasteiger partial charge >= 0.3 is 6.03 Å². The van der Waals surface area contributed by atoms with Crippen molar-refractivity contribution in [1.82, 2.24) is 15.5 Å². The van der Waals surface area contributed by atoms with E-state index < -0.39 is 0 Å². The lowest BCUT2D eigenvalue weighted by atomic mass is 9.78. The predicted octanol–water partition coefficient (Wildman–Crippen LogP) is 2.84. The summed E-state index contributed by atoms with van der Waals surface area (Å²) in [4.78, 5) is 14.2. The summed E-state index contributed by atoms with van der Waals surface area (Å²) in [5, 5.41) is 6.27. The van der Waals surface area contributed by atoms with Crippen molar-refractivity contribution >= 4 is 6.03 Å². The SMILES string of the molecule is CC(CCN(C)C)NC(=O)NC1CCCCC1C(C)C. The Balaban J connectivity index is 2.36. The van der Waals surface area contributed by atoms with Crippen LogP contribution in [0.5, 0.6) is 0 Å². The van der Waals surface area contributed by atoms with E-state index in [9.17, 15) is 4.79 Å². The molecule has 0 bridgehead atoms. The van der Waals surface area contributed by atoms with Gasteiger partial charge in [0.1, 0.15) is 0 Å². The molecule has 0 heterocycles. The van der Waals surface area contributed by atoms with Crippen molar-refractivity contribution in [1.29, 1.82) is 0 Å². The monoisotopic (exact) mass is 283 g/mol. The minimum atomic E-state index is 0.00815. The first kappa shape index (κ1) is 17.3. The summed E-state index contributed by atoms with van der Waals surface area (Å²) in [6.07, 6.45) is 5.91. The summed E-state index contributed by atoms with van der Waals surface area (Å²) >= 11 is 0. The molecule has 118 valence electrons. The molecule has 20 heavy (non-hydrogen) atoms. The van der Waals surface area contributed by atoms with Crippen LogP contribution >= 0.6 is 0 Å². The van der Waals surface area contributed by atoms with Crippen molar-refractivity contribution in [2.45, 2.75) is 65.0 Å². The molecule has 4 heteroatoms. The lowest BCUT2D eigenvalue weighted by molar-refractivity contribution is 0.192. The van der Waals surface area contributed by atoms with Gasteiger partial charge in [-0.1, -0.05) is 26.7 Å². The van der Waals surface area contributed by atoms with Gasteiger partial charge in [0.25, 0.3) is 0 Å². The third-order valence-corrected chi connectivity index (χ3v) is 4.38. The maximum atomic E-state index is 12.1. The Morgan fingerprint density at radius 1 is 1.20 bits per heavy atom. The molecule has 1 aliphatic rings. The van der Waals surface area contributed by atoms with Crippen LogP contribution in [0, 0.1) is 11.8 Å². The van der Waals surface area contributed by atoms with E-state index in [-0.39, 0.29) is 12.1 Å². The second-order valence-electron chi connectivity index (χ2n) is 6.91. The first-order chi connectivity index (χ1) is 9.40. The highest BCUT2D eigenvalue weighted by atomic mass is 16.2. The van der Waals surface area contributed by atoms with Gasteiger partial charge in [0.2, 0.25) is 0 Å². The van der Waals surface area contributed by atoms with Crippen LogP contribution in [0.2, 0.25) is 0 Å². The summed E-state index contributed by atoms with van der Waals surface area (Å²) in [7, 11) is 4.12. The number of nitrogens with one attached hydrogen (secondary N) is 2. The molecular formula is C16H33N3O. The number of hydrogen-bond donors (Lipinski definition) is 2. The summed E-state index contributed by atoms with van der Waals surface area (Å²) < 4.78 is 0. The number of amides is 2. The van der Waals surface area contributed by atoms with Crippen molar-refractivity contribution in [2.24, 2.45) is 11.8 Å². The predicted molar refractivity (Wildman–Crippen MR) is 84.9 cm³/mol. The molecule has 0 aliphatic heterocycles. The fraction of sp³-hybridized carbons (Fsp3) is 0.938. The highest BCUT2D eigenvalue weighted by Crippen LogP contribution is 2.30. The number of hydrogen-bond acceptors (Lipinski definition) is 2. The zero-order valence-electron chi connectivity index (χ0n) is 13.9. The maximum absolute atomic E-state index is 12.1. The van der Waals surface area contributed by atoms with Crippen LogP contribution in [-0.2, 0) is 0 Å². The van der Waals surface area contributed by atoms with E-state index in [0.29, 0.717) is 17.9 Å². The minimum absolute atomic E-state index is 0.00815. The van der Waals surface area contributed by atoms with Crippen LogP contribution in [0.4, 0.5) is 4.79 Å². The highest BCUT2D eigenvalue weighted by molar-refractivity contribution is 5.74. The van der Waals surface area contributed by atoms with Crippen molar-refractivity contribution in [3.8, 4) is 0 Å². The molecule has 0 radical (unpaired) electrons. The molecule has 2 N–H and O–H groups in total. The topological polar surface area (TPSA) is 44.4 Å². The second-order valence-corrected chi connectivity index (χ2v) is 6.91. The highest BCUT2D eigenvalue weighted by Gasteiger charge is 2.28. The largest absolute Gasteiger partial charge is 0.336 e. The van der Waals surface area contributed by atoms with Gasteiger partial charge in [-0.05, 0) is 58.7 Å². The Morgan fingerprint density at radius 2 is 1.85 bits per heavy atom.